The molecule has 0 saturated carbocycles. The number of aryl methyl sites for hydroxylation is 1. The van der Waals surface area contributed by atoms with Crippen LogP contribution in [0.3, 0.4) is 0 Å². The number of esters is 1. The lowest BCUT2D eigenvalue weighted by molar-refractivity contribution is -0.127. The summed E-state index contributed by atoms with van der Waals surface area (Å²) in [6, 6.07) is 11.6. The average Bonchev–Trinajstić information content (AvgIpc) is 3.22. The number of ether oxygens (including phenoxy) is 4. The number of hydrogen-bond donors (Lipinski definition) is 2. The Bertz CT molecular complexity index is 1380. The minimum atomic E-state index is -0.851. The lowest BCUT2D eigenvalue weighted by Crippen LogP contribution is -2.33. The highest BCUT2D eigenvalue weighted by Crippen LogP contribution is 2.33. The maximum absolute atomic E-state index is 12.8. The number of amides is 2. The molecule has 2 N–H and O–H groups in total. The van der Waals surface area contributed by atoms with Crippen LogP contribution in [-0.2, 0) is 9.53 Å². The van der Waals surface area contributed by atoms with Crippen LogP contribution < -0.4 is 25.0 Å². The molecule has 0 aliphatic carbocycles. The third kappa shape index (κ3) is 7.60. The van der Waals surface area contributed by atoms with Crippen molar-refractivity contribution >= 4 is 40.3 Å². The van der Waals surface area contributed by atoms with Crippen LogP contribution in [0.4, 0.5) is 5.00 Å². The van der Waals surface area contributed by atoms with Crippen LogP contribution in [0.1, 0.15) is 57.5 Å². The van der Waals surface area contributed by atoms with Gasteiger partial charge in [0.25, 0.3) is 11.8 Å². The minimum absolute atomic E-state index is 0.239. The third-order valence-corrected chi connectivity index (χ3v) is 6.89. The molecule has 10 nitrogen and oxygen atoms in total. The minimum Gasteiger partial charge on any atom is -0.493 e. The first-order valence-electron chi connectivity index (χ1n) is 12.7. The second-order valence-electron chi connectivity index (χ2n) is 8.52. The number of rotatable bonds is 12. The van der Waals surface area contributed by atoms with E-state index in [2.05, 4.69) is 15.8 Å². The predicted molar refractivity (Wildman–Crippen MR) is 154 cm³/mol. The first-order chi connectivity index (χ1) is 19.2. The molecule has 0 fully saturated rings. The Kier molecular flexibility index (Phi) is 10.7. The number of hydrogen-bond acceptors (Lipinski definition) is 9. The Balaban J connectivity index is 1.57. The summed E-state index contributed by atoms with van der Waals surface area (Å²) in [5, 5.41) is 7.23. The molecule has 212 valence electrons. The second kappa shape index (κ2) is 14.1. The zero-order chi connectivity index (χ0) is 29.2. The van der Waals surface area contributed by atoms with Crippen molar-refractivity contribution in [3.05, 3.63) is 69.6 Å². The van der Waals surface area contributed by atoms with Crippen LogP contribution in [0.25, 0.3) is 0 Å². The highest BCUT2D eigenvalue weighted by molar-refractivity contribution is 7.16. The molecule has 40 heavy (non-hydrogen) atoms. The molecular weight excluding hydrogens is 534 g/mol. The largest absolute Gasteiger partial charge is 0.493 e. The Morgan fingerprint density at radius 1 is 1.02 bits per heavy atom. The Labute approximate surface area is 237 Å². The van der Waals surface area contributed by atoms with Gasteiger partial charge in [0.15, 0.2) is 17.6 Å². The molecule has 0 bridgehead atoms. The first-order valence-corrected chi connectivity index (χ1v) is 13.5. The zero-order valence-corrected chi connectivity index (χ0v) is 24.1. The fourth-order valence-corrected chi connectivity index (χ4v) is 4.63. The number of benzene rings is 2. The van der Waals surface area contributed by atoms with Gasteiger partial charge in [-0.25, -0.2) is 10.2 Å². The van der Waals surface area contributed by atoms with Gasteiger partial charge in [-0.1, -0.05) is 0 Å². The lowest BCUT2D eigenvalue weighted by Gasteiger charge is -2.13. The summed E-state index contributed by atoms with van der Waals surface area (Å²) >= 11 is 1.32. The van der Waals surface area contributed by atoms with Gasteiger partial charge in [0.1, 0.15) is 10.8 Å². The molecule has 0 radical (unpaired) electrons. The topological polar surface area (TPSA) is 125 Å². The van der Waals surface area contributed by atoms with E-state index in [0.717, 1.165) is 10.4 Å². The van der Waals surface area contributed by atoms with Gasteiger partial charge < -0.3 is 24.3 Å². The van der Waals surface area contributed by atoms with E-state index in [-0.39, 0.29) is 12.5 Å². The summed E-state index contributed by atoms with van der Waals surface area (Å²) in [5.41, 5.74) is 4.66. The molecule has 1 atom stereocenters. The van der Waals surface area contributed by atoms with Gasteiger partial charge in [-0.2, -0.15) is 5.10 Å². The van der Waals surface area contributed by atoms with Gasteiger partial charge in [-0.15, -0.1) is 11.3 Å². The second-order valence-corrected chi connectivity index (χ2v) is 9.75. The number of hydrazone groups is 1. The van der Waals surface area contributed by atoms with E-state index in [4.69, 9.17) is 18.9 Å². The molecule has 0 saturated heterocycles. The molecule has 3 rings (SSSR count). The first kappa shape index (κ1) is 30.2. The number of carbonyl (C=O) groups excluding carboxylic acids is 3. The quantitative estimate of drug-likeness (QED) is 0.177. The van der Waals surface area contributed by atoms with Crippen LogP contribution >= 0.6 is 11.3 Å². The van der Waals surface area contributed by atoms with Crippen molar-refractivity contribution in [2.24, 2.45) is 5.10 Å². The van der Waals surface area contributed by atoms with Crippen molar-refractivity contribution in [2.45, 2.75) is 40.7 Å². The number of thiophene rings is 1. The summed E-state index contributed by atoms with van der Waals surface area (Å²) in [7, 11) is 1.55. The molecule has 2 amide bonds. The van der Waals surface area contributed by atoms with E-state index >= 15 is 0 Å². The van der Waals surface area contributed by atoms with Crippen molar-refractivity contribution in [1.82, 2.24) is 5.43 Å². The fourth-order valence-electron chi connectivity index (χ4n) is 3.58. The zero-order valence-electron chi connectivity index (χ0n) is 23.3. The van der Waals surface area contributed by atoms with E-state index < -0.39 is 18.0 Å². The Morgan fingerprint density at radius 2 is 1.75 bits per heavy atom. The van der Waals surface area contributed by atoms with Crippen molar-refractivity contribution < 1.29 is 33.3 Å². The molecule has 0 aliphatic rings. The van der Waals surface area contributed by atoms with Crippen molar-refractivity contribution in [3.63, 3.8) is 0 Å². The van der Waals surface area contributed by atoms with Crippen LogP contribution in [0.15, 0.2) is 47.6 Å². The SMILES string of the molecule is CCOC(=O)c1c(NC(=O)c2ccc(OC(C)C(=O)N/N=C/c3ccc(OCC)c(OC)c3)cc2)sc(C)c1C. The van der Waals surface area contributed by atoms with Gasteiger partial charge in [0, 0.05) is 10.4 Å². The molecule has 1 heterocycles. The Morgan fingerprint density at radius 3 is 2.40 bits per heavy atom. The number of nitrogens with one attached hydrogen (secondary N) is 2. The molecule has 0 aliphatic heterocycles. The summed E-state index contributed by atoms with van der Waals surface area (Å²) in [6.07, 6.45) is 0.635. The van der Waals surface area contributed by atoms with Crippen LogP contribution in [0.2, 0.25) is 0 Å². The molecule has 1 aromatic heterocycles. The maximum atomic E-state index is 12.8. The monoisotopic (exact) mass is 567 g/mol. The summed E-state index contributed by atoms with van der Waals surface area (Å²) in [5.74, 6) is 0.268. The standard InChI is InChI=1S/C29H33N3O7S/c1-7-37-23-14-9-20(15-24(23)36-6)16-30-32-26(33)18(4)39-22-12-10-21(11-13-22)27(34)31-28-25(29(35)38-8-2)17(3)19(5)40-28/h9-16,18H,7-8H2,1-6H3,(H,31,34)(H,32,33)/b30-16+. The molecular formula is C29H33N3O7S. The predicted octanol–water partition coefficient (Wildman–Crippen LogP) is 5.12. The van der Waals surface area contributed by atoms with E-state index in [1.807, 2.05) is 20.8 Å². The van der Waals surface area contributed by atoms with Gasteiger partial charge >= 0.3 is 5.97 Å². The normalized spacial score (nSPS) is 11.6. The summed E-state index contributed by atoms with van der Waals surface area (Å²) in [6.45, 7) is 9.65. The highest BCUT2D eigenvalue weighted by atomic mass is 32.1. The van der Waals surface area contributed by atoms with Gasteiger partial charge in [-0.05, 0) is 88.2 Å². The summed E-state index contributed by atoms with van der Waals surface area (Å²) < 4.78 is 21.6. The van der Waals surface area contributed by atoms with Gasteiger partial charge in [0.05, 0.1) is 32.1 Å². The van der Waals surface area contributed by atoms with Crippen LogP contribution in [0.5, 0.6) is 17.2 Å². The van der Waals surface area contributed by atoms with Crippen molar-refractivity contribution in [1.29, 1.82) is 0 Å². The van der Waals surface area contributed by atoms with E-state index in [9.17, 15) is 14.4 Å². The lowest BCUT2D eigenvalue weighted by atomic mass is 10.1. The fraction of sp³-hybridized carbons (Fsp3) is 0.310. The van der Waals surface area contributed by atoms with E-state index in [0.29, 0.717) is 45.5 Å². The number of anilines is 1. The van der Waals surface area contributed by atoms with Gasteiger partial charge in [0.2, 0.25) is 0 Å². The van der Waals surface area contributed by atoms with E-state index in [1.165, 1.54) is 17.6 Å². The van der Waals surface area contributed by atoms with Crippen LogP contribution in [-0.4, -0.2) is 50.4 Å². The number of nitrogens with zero attached hydrogens (tertiary/aromatic N) is 1. The van der Waals surface area contributed by atoms with Crippen molar-refractivity contribution in [2.75, 3.05) is 25.6 Å². The third-order valence-electron chi connectivity index (χ3n) is 5.77. The Hall–Kier alpha value is -4.38. The maximum Gasteiger partial charge on any atom is 0.341 e. The highest BCUT2D eigenvalue weighted by Gasteiger charge is 2.22. The number of carbonyl (C=O) groups is 3. The molecule has 0 spiro atoms. The smallest absolute Gasteiger partial charge is 0.341 e. The summed E-state index contributed by atoms with van der Waals surface area (Å²) in [4.78, 5) is 38.6. The van der Waals surface area contributed by atoms with Crippen molar-refractivity contribution in [3.8, 4) is 17.2 Å². The van der Waals surface area contributed by atoms with Gasteiger partial charge in [-0.3, -0.25) is 9.59 Å². The molecule has 2 aromatic carbocycles. The average molecular weight is 568 g/mol. The molecule has 1 unspecified atom stereocenters. The van der Waals surface area contributed by atoms with Crippen LogP contribution in [0, 0.1) is 13.8 Å². The number of methoxy groups -OCH3 is 1. The molecule has 3 aromatic rings. The molecule has 11 heteroatoms. The van der Waals surface area contributed by atoms with E-state index in [1.54, 1.807) is 63.4 Å².